The Morgan fingerprint density at radius 1 is 1.29 bits per heavy atom. The second kappa shape index (κ2) is 4.40. The quantitative estimate of drug-likeness (QED) is 0.550. The summed E-state index contributed by atoms with van der Waals surface area (Å²) >= 11 is 0. The summed E-state index contributed by atoms with van der Waals surface area (Å²) < 4.78 is 0. The van der Waals surface area contributed by atoms with Gasteiger partial charge in [0.15, 0.2) is 5.96 Å². The molecule has 1 aromatic rings. The van der Waals surface area contributed by atoms with Gasteiger partial charge >= 0.3 is 0 Å². The standard InChI is InChI=1S/C14H21N3/c1-14(2,3)16-13(15)17-10-6-8-11-7-4-5-9-12(11)17/h4-5,7,9H,6,8,10H2,1-3H3,(H2,15,16). The van der Waals surface area contributed by atoms with Gasteiger partial charge in [-0.15, -0.1) is 0 Å². The molecule has 0 saturated carbocycles. The van der Waals surface area contributed by atoms with Crippen LogP contribution >= 0.6 is 0 Å². The Bertz CT molecular complexity index is 429. The van der Waals surface area contributed by atoms with E-state index in [9.17, 15) is 0 Å². The van der Waals surface area contributed by atoms with Gasteiger partial charge in [0.2, 0.25) is 0 Å². The lowest BCUT2D eigenvalue weighted by molar-refractivity contribution is 0.579. The Morgan fingerprint density at radius 2 is 2.00 bits per heavy atom. The highest BCUT2D eigenvalue weighted by atomic mass is 15.3. The van der Waals surface area contributed by atoms with Gasteiger partial charge in [-0.25, -0.2) is 4.99 Å². The summed E-state index contributed by atoms with van der Waals surface area (Å²) in [5.41, 5.74) is 8.58. The van der Waals surface area contributed by atoms with Crippen LogP contribution in [0.2, 0.25) is 0 Å². The molecule has 1 aliphatic rings. The first-order valence-corrected chi connectivity index (χ1v) is 6.18. The molecule has 0 bridgehead atoms. The number of aryl methyl sites for hydroxylation is 1. The molecule has 3 heteroatoms. The number of rotatable bonds is 0. The second-order valence-electron chi connectivity index (χ2n) is 5.52. The summed E-state index contributed by atoms with van der Waals surface area (Å²) in [6.45, 7) is 7.16. The van der Waals surface area contributed by atoms with Crippen LogP contribution in [0.15, 0.2) is 29.3 Å². The average molecular weight is 231 g/mol. The van der Waals surface area contributed by atoms with Crippen molar-refractivity contribution < 1.29 is 0 Å². The van der Waals surface area contributed by atoms with Gasteiger partial charge in [-0.05, 0) is 45.2 Å². The maximum atomic E-state index is 6.13. The third-order valence-corrected chi connectivity index (χ3v) is 2.84. The van der Waals surface area contributed by atoms with E-state index in [4.69, 9.17) is 5.73 Å². The van der Waals surface area contributed by atoms with E-state index in [0.29, 0.717) is 5.96 Å². The van der Waals surface area contributed by atoms with E-state index in [2.05, 4.69) is 54.9 Å². The lowest BCUT2D eigenvalue weighted by Gasteiger charge is -2.31. The number of anilines is 1. The number of aliphatic imine (C=N–C) groups is 1. The number of guanidine groups is 1. The Labute approximate surface area is 103 Å². The van der Waals surface area contributed by atoms with E-state index in [1.807, 2.05) is 0 Å². The molecule has 0 saturated heterocycles. The minimum atomic E-state index is -0.128. The van der Waals surface area contributed by atoms with Gasteiger partial charge in [0.05, 0.1) is 5.54 Å². The maximum Gasteiger partial charge on any atom is 0.196 e. The molecule has 0 radical (unpaired) electrons. The number of fused-ring (bicyclic) bond motifs is 1. The van der Waals surface area contributed by atoms with Crippen molar-refractivity contribution in [2.24, 2.45) is 10.7 Å². The lowest BCUT2D eigenvalue weighted by Crippen LogP contribution is -2.42. The molecule has 0 aliphatic carbocycles. The molecule has 0 amide bonds. The van der Waals surface area contributed by atoms with Gasteiger partial charge in [-0.1, -0.05) is 18.2 Å². The van der Waals surface area contributed by atoms with Crippen molar-refractivity contribution in [2.45, 2.75) is 39.2 Å². The van der Waals surface area contributed by atoms with Crippen LogP contribution in [0.3, 0.4) is 0 Å². The molecule has 2 N–H and O–H groups in total. The topological polar surface area (TPSA) is 41.6 Å². The summed E-state index contributed by atoms with van der Waals surface area (Å²) in [5, 5.41) is 0. The van der Waals surface area contributed by atoms with Gasteiger partial charge in [0.25, 0.3) is 0 Å². The zero-order valence-corrected chi connectivity index (χ0v) is 10.9. The maximum absolute atomic E-state index is 6.13. The molecular weight excluding hydrogens is 210 g/mol. The molecule has 1 aliphatic heterocycles. The second-order valence-corrected chi connectivity index (χ2v) is 5.52. The first kappa shape index (κ1) is 12.0. The molecule has 0 aromatic heterocycles. The van der Waals surface area contributed by atoms with Gasteiger partial charge in [0.1, 0.15) is 0 Å². The molecule has 1 aromatic carbocycles. The van der Waals surface area contributed by atoms with Gasteiger partial charge in [-0.3, -0.25) is 0 Å². The molecule has 0 atom stereocenters. The zero-order chi connectivity index (χ0) is 12.5. The molecule has 92 valence electrons. The van der Waals surface area contributed by atoms with Crippen LogP contribution in [-0.4, -0.2) is 18.0 Å². The van der Waals surface area contributed by atoms with Gasteiger partial charge < -0.3 is 10.6 Å². The molecule has 0 unspecified atom stereocenters. The number of benzene rings is 1. The Kier molecular flexibility index (Phi) is 3.09. The first-order chi connectivity index (χ1) is 7.97. The molecule has 0 spiro atoms. The molecule has 0 fully saturated rings. The van der Waals surface area contributed by atoms with E-state index >= 15 is 0 Å². The third-order valence-electron chi connectivity index (χ3n) is 2.84. The van der Waals surface area contributed by atoms with E-state index in [0.717, 1.165) is 19.4 Å². The van der Waals surface area contributed by atoms with Crippen LogP contribution in [0.25, 0.3) is 0 Å². The van der Waals surface area contributed by atoms with E-state index in [-0.39, 0.29) is 5.54 Å². The predicted molar refractivity (Wildman–Crippen MR) is 73.5 cm³/mol. The number of hydrogen-bond donors (Lipinski definition) is 1. The average Bonchev–Trinajstić information content (AvgIpc) is 2.26. The smallest absolute Gasteiger partial charge is 0.196 e. The number of hydrogen-bond acceptors (Lipinski definition) is 1. The Balaban J connectivity index is 2.33. The van der Waals surface area contributed by atoms with E-state index in [1.165, 1.54) is 11.3 Å². The molecular formula is C14H21N3. The van der Waals surface area contributed by atoms with Crippen molar-refractivity contribution in [3.63, 3.8) is 0 Å². The summed E-state index contributed by atoms with van der Waals surface area (Å²) in [6.07, 6.45) is 2.27. The SMILES string of the molecule is CC(C)(C)N=C(N)N1CCCc2ccccc21. The van der Waals surface area contributed by atoms with Crippen LogP contribution < -0.4 is 10.6 Å². The number of para-hydroxylation sites is 1. The van der Waals surface area contributed by atoms with Crippen molar-refractivity contribution in [2.75, 3.05) is 11.4 Å². The highest BCUT2D eigenvalue weighted by Gasteiger charge is 2.20. The van der Waals surface area contributed by atoms with Crippen LogP contribution in [0.5, 0.6) is 0 Å². The fourth-order valence-corrected chi connectivity index (χ4v) is 2.18. The number of nitrogens with zero attached hydrogens (tertiary/aromatic N) is 2. The minimum absolute atomic E-state index is 0.128. The van der Waals surface area contributed by atoms with E-state index < -0.39 is 0 Å². The van der Waals surface area contributed by atoms with Crippen molar-refractivity contribution in [1.29, 1.82) is 0 Å². The molecule has 1 heterocycles. The van der Waals surface area contributed by atoms with E-state index in [1.54, 1.807) is 0 Å². The van der Waals surface area contributed by atoms with Crippen molar-refractivity contribution in [3.05, 3.63) is 29.8 Å². The number of nitrogens with two attached hydrogens (primary N) is 1. The highest BCUT2D eigenvalue weighted by molar-refractivity contribution is 5.96. The Morgan fingerprint density at radius 3 is 2.71 bits per heavy atom. The summed E-state index contributed by atoms with van der Waals surface area (Å²) in [6, 6.07) is 8.44. The highest BCUT2D eigenvalue weighted by Crippen LogP contribution is 2.26. The fourth-order valence-electron chi connectivity index (χ4n) is 2.18. The van der Waals surface area contributed by atoms with Crippen LogP contribution in [0.1, 0.15) is 32.8 Å². The molecule has 17 heavy (non-hydrogen) atoms. The minimum Gasteiger partial charge on any atom is -0.369 e. The molecule has 3 nitrogen and oxygen atoms in total. The molecule has 2 rings (SSSR count). The lowest BCUT2D eigenvalue weighted by atomic mass is 10.0. The third kappa shape index (κ3) is 2.78. The van der Waals surface area contributed by atoms with Crippen LogP contribution in [-0.2, 0) is 6.42 Å². The summed E-state index contributed by atoms with van der Waals surface area (Å²) in [5.74, 6) is 0.629. The van der Waals surface area contributed by atoms with Crippen molar-refractivity contribution >= 4 is 11.6 Å². The van der Waals surface area contributed by atoms with Crippen LogP contribution in [0, 0.1) is 0 Å². The van der Waals surface area contributed by atoms with Gasteiger partial charge in [0, 0.05) is 12.2 Å². The first-order valence-electron chi connectivity index (χ1n) is 6.18. The monoisotopic (exact) mass is 231 g/mol. The largest absolute Gasteiger partial charge is 0.369 e. The zero-order valence-electron chi connectivity index (χ0n) is 10.9. The summed E-state index contributed by atoms with van der Waals surface area (Å²) in [4.78, 5) is 6.68. The summed E-state index contributed by atoms with van der Waals surface area (Å²) in [7, 11) is 0. The normalized spacial score (nSPS) is 16.9. The van der Waals surface area contributed by atoms with Crippen molar-refractivity contribution in [1.82, 2.24) is 0 Å². The van der Waals surface area contributed by atoms with Crippen LogP contribution in [0.4, 0.5) is 5.69 Å². The predicted octanol–water partition coefficient (Wildman–Crippen LogP) is 2.55. The fraction of sp³-hybridized carbons (Fsp3) is 0.500. The van der Waals surface area contributed by atoms with Gasteiger partial charge in [-0.2, -0.15) is 0 Å². The Hall–Kier alpha value is -1.51. The van der Waals surface area contributed by atoms with Crippen molar-refractivity contribution in [3.8, 4) is 0 Å².